The third kappa shape index (κ3) is 5.91. The fourth-order valence-corrected chi connectivity index (χ4v) is 2.38. The van der Waals surface area contributed by atoms with Crippen LogP contribution in [0.25, 0.3) is 0 Å². The van der Waals surface area contributed by atoms with Gasteiger partial charge in [0.15, 0.2) is 0 Å². The molecule has 0 amide bonds. The summed E-state index contributed by atoms with van der Waals surface area (Å²) >= 11 is 0. The third-order valence-corrected chi connectivity index (χ3v) is 5.34. The largest absolute Gasteiger partial charge is 0.465 e. The zero-order chi connectivity index (χ0) is 11.9. The lowest BCUT2D eigenvalue weighted by molar-refractivity contribution is -0.147. The van der Waals surface area contributed by atoms with Crippen molar-refractivity contribution in [1.29, 1.82) is 0 Å². The predicted octanol–water partition coefficient (Wildman–Crippen LogP) is 1.94. The molecule has 90 valence electrons. The van der Waals surface area contributed by atoms with Crippen molar-refractivity contribution in [2.24, 2.45) is 5.92 Å². The van der Waals surface area contributed by atoms with E-state index in [9.17, 15) is 4.79 Å². The molecule has 0 aliphatic heterocycles. The molecule has 0 aromatic rings. The highest BCUT2D eigenvalue weighted by molar-refractivity contribution is 6.65. The number of carbonyl (C=O) groups is 1. The summed E-state index contributed by atoms with van der Waals surface area (Å²) in [5, 5.41) is 0. The molecule has 0 heterocycles. The van der Waals surface area contributed by atoms with Crippen molar-refractivity contribution < 1.29 is 18.4 Å². The number of rotatable bonds is 7. The van der Waals surface area contributed by atoms with Crippen LogP contribution in [0.5, 0.6) is 0 Å². The number of carbonyl (C=O) groups excluding carboxylic acids is 1. The highest BCUT2D eigenvalue weighted by Crippen LogP contribution is 2.13. The summed E-state index contributed by atoms with van der Waals surface area (Å²) in [7, 11) is 1.34. The SMILES string of the molecule is CO[Si](C)(CCCOC(=O)C(C)C)OC. The Morgan fingerprint density at radius 1 is 1.27 bits per heavy atom. The van der Waals surface area contributed by atoms with Gasteiger partial charge in [0.2, 0.25) is 0 Å². The second kappa shape index (κ2) is 6.98. The molecule has 15 heavy (non-hydrogen) atoms. The van der Waals surface area contributed by atoms with Crippen LogP contribution in [0.15, 0.2) is 0 Å². The van der Waals surface area contributed by atoms with Gasteiger partial charge < -0.3 is 13.6 Å². The second-order valence-corrected chi connectivity index (χ2v) is 7.55. The molecule has 0 bridgehead atoms. The molecule has 0 saturated carbocycles. The van der Waals surface area contributed by atoms with Gasteiger partial charge in [0.05, 0.1) is 12.5 Å². The van der Waals surface area contributed by atoms with Gasteiger partial charge in [0, 0.05) is 14.2 Å². The highest BCUT2D eigenvalue weighted by Gasteiger charge is 2.27. The van der Waals surface area contributed by atoms with Gasteiger partial charge in [0.1, 0.15) is 0 Å². The molecular formula is C10H22O4Si. The zero-order valence-electron chi connectivity index (χ0n) is 10.3. The first-order chi connectivity index (χ1) is 6.95. The molecule has 0 rings (SSSR count). The molecule has 0 unspecified atom stereocenters. The van der Waals surface area contributed by atoms with Crippen molar-refractivity contribution in [2.45, 2.75) is 32.9 Å². The zero-order valence-corrected chi connectivity index (χ0v) is 11.3. The van der Waals surface area contributed by atoms with E-state index in [1.807, 2.05) is 20.4 Å². The summed E-state index contributed by atoms with van der Waals surface area (Å²) in [6.07, 6.45) is 0.795. The maximum absolute atomic E-state index is 11.1. The van der Waals surface area contributed by atoms with Gasteiger partial charge in [-0.1, -0.05) is 13.8 Å². The molecule has 0 atom stereocenters. The average Bonchev–Trinajstić information content (AvgIpc) is 2.23. The molecule has 0 saturated heterocycles. The fraction of sp³-hybridized carbons (Fsp3) is 0.900. The Morgan fingerprint density at radius 2 is 1.80 bits per heavy atom. The van der Waals surface area contributed by atoms with Crippen LogP contribution in [0.1, 0.15) is 20.3 Å². The Hall–Kier alpha value is -0.393. The molecule has 4 nitrogen and oxygen atoms in total. The van der Waals surface area contributed by atoms with E-state index in [1.54, 1.807) is 14.2 Å². The summed E-state index contributed by atoms with van der Waals surface area (Å²) < 4.78 is 15.7. The van der Waals surface area contributed by atoms with Crippen LogP contribution < -0.4 is 0 Å². The summed E-state index contributed by atoms with van der Waals surface area (Å²) in [6.45, 7) is 6.10. The van der Waals surface area contributed by atoms with Crippen LogP contribution >= 0.6 is 0 Å². The van der Waals surface area contributed by atoms with Gasteiger partial charge >= 0.3 is 14.5 Å². The van der Waals surface area contributed by atoms with Crippen LogP contribution in [0.2, 0.25) is 12.6 Å². The van der Waals surface area contributed by atoms with E-state index < -0.39 is 8.56 Å². The maximum Gasteiger partial charge on any atom is 0.334 e. The van der Waals surface area contributed by atoms with E-state index >= 15 is 0 Å². The van der Waals surface area contributed by atoms with Gasteiger partial charge in [-0.05, 0) is 19.0 Å². The molecule has 0 fully saturated rings. The van der Waals surface area contributed by atoms with E-state index in [1.165, 1.54) is 0 Å². The van der Waals surface area contributed by atoms with Crippen molar-refractivity contribution in [2.75, 3.05) is 20.8 Å². The second-order valence-electron chi connectivity index (χ2n) is 3.97. The first-order valence-electron chi connectivity index (χ1n) is 5.22. The van der Waals surface area contributed by atoms with Crippen LogP contribution in [-0.2, 0) is 18.4 Å². The first kappa shape index (κ1) is 14.6. The Bertz CT molecular complexity index is 190. The summed E-state index contributed by atoms with van der Waals surface area (Å²) in [4.78, 5) is 11.1. The minimum absolute atomic E-state index is 0.0570. The smallest absolute Gasteiger partial charge is 0.334 e. The Kier molecular flexibility index (Phi) is 6.79. The molecule has 0 spiro atoms. The number of esters is 1. The van der Waals surface area contributed by atoms with Crippen molar-refractivity contribution in [3.05, 3.63) is 0 Å². The molecule has 5 heteroatoms. The minimum Gasteiger partial charge on any atom is -0.465 e. The number of hydrogen-bond donors (Lipinski definition) is 0. The van der Waals surface area contributed by atoms with Crippen LogP contribution in [0.3, 0.4) is 0 Å². The topological polar surface area (TPSA) is 44.8 Å². The summed E-state index contributed by atoms with van der Waals surface area (Å²) in [5.41, 5.74) is 0. The molecule has 0 N–H and O–H groups in total. The Morgan fingerprint density at radius 3 is 2.20 bits per heavy atom. The molecular weight excluding hydrogens is 212 g/mol. The Balaban J connectivity index is 3.66. The van der Waals surface area contributed by atoms with Gasteiger partial charge in [-0.2, -0.15) is 0 Å². The molecule has 0 aromatic heterocycles. The van der Waals surface area contributed by atoms with E-state index in [4.69, 9.17) is 13.6 Å². The first-order valence-corrected chi connectivity index (χ1v) is 7.74. The van der Waals surface area contributed by atoms with E-state index in [0.717, 1.165) is 12.5 Å². The summed E-state index contributed by atoms with van der Waals surface area (Å²) in [6, 6.07) is 0.839. The molecule has 0 aliphatic carbocycles. The molecule has 0 aliphatic rings. The average molecular weight is 234 g/mol. The lowest BCUT2D eigenvalue weighted by atomic mass is 10.2. The van der Waals surface area contributed by atoms with Gasteiger partial charge in [-0.3, -0.25) is 4.79 Å². The normalized spacial score (nSPS) is 11.9. The van der Waals surface area contributed by atoms with Gasteiger partial charge in [-0.15, -0.1) is 0 Å². The van der Waals surface area contributed by atoms with Crippen LogP contribution in [0.4, 0.5) is 0 Å². The highest BCUT2D eigenvalue weighted by atomic mass is 28.4. The van der Waals surface area contributed by atoms with Crippen LogP contribution in [-0.4, -0.2) is 35.4 Å². The minimum atomic E-state index is -1.99. The van der Waals surface area contributed by atoms with E-state index in [-0.39, 0.29) is 11.9 Å². The lowest BCUT2D eigenvalue weighted by Crippen LogP contribution is -2.36. The predicted molar refractivity (Wildman–Crippen MR) is 60.9 cm³/mol. The third-order valence-electron chi connectivity index (χ3n) is 2.35. The van der Waals surface area contributed by atoms with Crippen molar-refractivity contribution in [3.8, 4) is 0 Å². The van der Waals surface area contributed by atoms with E-state index in [0.29, 0.717) is 6.61 Å². The Labute approximate surface area is 93.2 Å². The molecule has 0 aromatic carbocycles. The van der Waals surface area contributed by atoms with Crippen molar-refractivity contribution in [1.82, 2.24) is 0 Å². The monoisotopic (exact) mass is 234 g/mol. The van der Waals surface area contributed by atoms with Crippen molar-refractivity contribution in [3.63, 3.8) is 0 Å². The number of hydrogen-bond acceptors (Lipinski definition) is 4. The van der Waals surface area contributed by atoms with Crippen LogP contribution in [0, 0.1) is 5.92 Å². The van der Waals surface area contributed by atoms with Crippen molar-refractivity contribution >= 4 is 14.5 Å². The van der Waals surface area contributed by atoms with Gasteiger partial charge in [-0.25, -0.2) is 0 Å². The maximum atomic E-state index is 11.1. The fourth-order valence-electron chi connectivity index (χ4n) is 1.02. The molecule has 0 radical (unpaired) electrons. The van der Waals surface area contributed by atoms with E-state index in [2.05, 4.69) is 0 Å². The summed E-state index contributed by atoms with van der Waals surface area (Å²) in [5.74, 6) is -0.202. The number of ether oxygens (including phenoxy) is 1. The van der Waals surface area contributed by atoms with Gasteiger partial charge in [0.25, 0.3) is 0 Å². The lowest BCUT2D eigenvalue weighted by Gasteiger charge is -2.22. The standard InChI is InChI=1S/C10H22O4Si/c1-9(2)10(11)14-7-6-8-15(5,12-3)13-4/h9H,6-8H2,1-5H3. The quantitative estimate of drug-likeness (QED) is 0.384.